The molecule has 112 valence electrons. The SMILES string of the molecule is CCNC(=O)CCNCc1cccc(OCC)c1OC. The fourth-order valence-electron chi connectivity index (χ4n) is 1.91. The molecule has 0 aliphatic heterocycles. The van der Waals surface area contributed by atoms with E-state index in [-0.39, 0.29) is 5.91 Å². The summed E-state index contributed by atoms with van der Waals surface area (Å²) < 4.78 is 10.9. The second-order valence-corrected chi connectivity index (χ2v) is 4.26. The molecule has 0 saturated carbocycles. The molecule has 0 fully saturated rings. The number of ether oxygens (including phenoxy) is 2. The number of hydrogen-bond acceptors (Lipinski definition) is 4. The van der Waals surface area contributed by atoms with E-state index in [1.165, 1.54) is 0 Å². The summed E-state index contributed by atoms with van der Waals surface area (Å²) in [7, 11) is 1.63. The molecule has 0 bridgehead atoms. The summed E-state index contributed by atoms with van der Waals surface area (Å²) >= 11 is 0. The Labute approximate surface area is 120 Å². The van der Waals surface area contributed by atoms with Crippen LogP contribution in [0.3, 0.4) is 0 Å². The molecule has 1 aromatic carbocycles. The van der Waals surface area contributed by atoms with Crippen LogP contribution in [0.4, 0.5) is 0 Å². The number of carbonyl (C=O) groups excluding carboxylic acids is 1. The number of nitrogens with one attached hydrogen (secondary N) is 2. The second kappa shape index (κ2) is 9.20. The third-order valence-corrected chi connectivity index (χ3v) is 2.78. The lowest BCUT2D eigenvalue weighted by Gasteiger charge is -2.14. The van der Waals surface area contributed by atoms with Crippen LogP contribution < -0.4 is 20.1 Å². The Hall–Kier alpha value is -1.75. The summed E-state index contributed by atoms with van der Waals surface area (Å²) in [4.78, 5) is 11.3. The van der Waals surface area contributed by atoms with Crippen molar-refractivity contribution in [1.82, 2.24) is 10.6 Å². The van der Waals surface area contributed by atoms with Crippen LogP contribution in [-0.4, -0.2) is 32.7 Å². The Kier molecular flexibility index (Phi) is 7.50. The van der Waals surface area contributed by atoms with Gasteiger partial charge in [-0.15, -0.1) is 0 Å². The van der Waals surface area contributed by atoms with Crippen molar-refractivity contribution in [3.05, 3.63) is 23.8 Å². The van der Waals surface area contributed by atoms with E-state index in [0.717, 1.165) is 17.1 Å². The maximum Gasteiger partial charge on any atom is 0.221 e. The standard InChI is InChI=1S/C15H24N2O3/c1-4-17-14(18)9-10-16-11-12-7-6-8-13(20-5-2)15(12)19-3/h6-8,16H,4-5,9-11H2,1-3H3,(H,17,18). The average molecular weight is 280 g/mol. The molecule has 0 heterocycles. The van der Waals surface area contributed by atoms with Gasteiger partial charge in [-0.05, 0) is 19.9 Å². The number of hydrogen-bond donors (Lipinski definition) is 2. The summed E-state index contributed by atoms with van der Waals surface area (Å²) in [6.45, 7) is 6.40. The van der Waals surface area contributed by atoms with E-state index in [2.05, 4.69) is 10.6 Å². The molecule has 20 heavy (non-hydrogen) atoms. The highest BCUT2D eigenvalue weighted by atomic mass is 16.5. The fraction of sp³-hybridized carbons (Fsp3) is 0.533. The van der Waals surface area contributed by atoms with Crippen LogP contribution in [0.25, 0.3) is 0 Å². The Bertz CT molecular complexity index is 422. The normalized spacial score (nSPS) is 10.2. The number of para-hydroxylation sites is 1. The predicted octanol–water partition coefficient (Wildman–Crippen LogP) is 1.71. The molecule has 0 unspecified atom stereocenters. The van der Waals surface area contributed by atoms with Gasteiger partial charge in [-0.25, -0.2) is 0 Å². The lowest BCUT2D eigenvalue weighted by atomic mass is 10.2. The minimum Gasteiger partial charge on any atom is -0.493 e. The molecule has 0 aliphatic rings. The van der Waals surface area contributed by atoms with E-state index in [1.54, 1.807) is 7.11 Å². The number of benzene rings is 1. The van der Waals surface area contributed by atoms with Gasteiger partial charge in [0.2, 0.25) is 5.91 Å². The van der Waals surface area contributed by atoms with Gasteiger partial charge in [0, 0.05) is 31.6 Å². The van der Waals surface area contributed by atoms with Crippen LogP contribution in [0.5, 0.6) is 11.5 Å². The maximum atomic E-state index is 11.3. The summed E-state index contributed by atoms with van der Waals surface area (Å²) in [5.41, 5.74) is 1.02. The third-order valence-electron chi connectivity index (χ3n) is 2.78. The van der Waals surface area contributed by atoms with E-state index in [4.69, 9.17) is 9.47 Å². The van der Waals surface area contributed by atoms with Crippen LogP contribution in [-0.2, 0) is 11.3 Å². The lowest BCUT2D eigenvalue weighted by Crippen LogP contribution is -2.27. The quantitative estimate of drug-likeness (QED) is 0.676. The number of amides is 1. The van der Waals surface area contributed by atoms with Gasteiger partial charge in [-0.1, -0.05) is 12.1 Å². The van der Waals surface area contributed by atoms with Crippen molar-refractivity contribution in [3.8, 4) is 11.5 Å². The van der Waals surface area contributed by atoms with Crippen molar-refractivity contribution < 1.29 is 14.3 Å². The van der Waals surface area contributed by atoms with Gasteiger partial charge >= 0.3 is 0 Å². The first-order valence-electron chi connectivity index (χ1n) is 6.99. The van der Waals surface area contributed by atoms with Gasteiger partial charge in [0.05, 0.1) is 13.7 Å². The Balaban J connectivity index is 2.51. The van der Waals surface area contributed by atoms with Crippen LogP contribution in [0, 0.1) is 0 Å². The average Bonchev–Trinajstić information content (AvgIpc) is 2.44. The highest BCUT2D eigenvalue weighted by Gasteiger charge is 2.09. The van der Waals surface area contributed by atoms with E-state index >= 15 is 0 Å². The third kappa shape index (κ3) is 5.09. The zero-order valence-electron chi connectivity index (χ0n) is 12.5. The maximum absolute atomic E-state index is 11.3. The molecular formula is C15H24N2O3. The van der Waals surface area contributed by atoms with E-state index in [0.29, 0.717) is 32.7 Å². The van der Waals surface area contributed by atoms with Gasteiger partial charge in [0.1, 0.15) is 0 Å². The van der Waals surface area contributed by atoms with Gasteiger partial charge < -0.3 is 20.1 Å². The monoisotopic (exact) mass is 280 g/mol. The van der Waals surface area contributed by atoms with Crippen molar-refractivity contribution in [2.75, 3.05) is 26.8 Å². The van der Waals surface area contributed by atoms with Gasteiger partial charge in [0.15, 0.2) is 11.5 Å². The minimum absolute atomic E-state index is 0.0648. The van der Waals surface area contributed by atoms with Gasteiger partial charge in [-0.3, -0.25) is 4.79 Å². The fourth-order valence-corrected chi connectivity index (χ4v) is 1.91. The molecule has 1 rings (SSSR count). The first-order valence-corrected chi connectivity index (χ1v) is 6.99. The molecule has 1 amide bonds. The first-order chi connectivity index (χ1) is 9.72. The molecule has 0 saturated heterocycles. The molecule has 0 aliphatic carbocycles. The summed E-state index contributed by atoms with van der Waals surface area (Å²) in [6.07, 6.45) is 0.474. The summed E-state index contributed by atoms with van der Waals surface area (Å²) in [6, 6.07) is 5.81. The Morgan fingerprint density at radius 2 is 2.10 bits per heavy atom. The highest BCUT2D eigenvalue weighted by molar-refractivity contribution is 5.75. The Morgan fingerprint density at radius 3 is 2.75 bits per heavy atom. The van der Waals surface area contributed by atoms with Crippen LogP contribution >= 0.6 is 0 Å². The number of carbonyl (C=O) groups is 1. The zero-order valence-corrected chi connectivity index (χ0v) is 12.5. The minimum atomic E-state index is 0.0648. The van der Waals surface area contributed by atoms with Gasteiger partial charge in [-0.2, -0.15) is 0 Å². The van der Waals surface area contributed by atoms with Crippen molar-refractivity contribution in [3.63, 3.8) is 0 Å². The molecule has 5 nitrogen and oxygen atoms in total. The van der Waals surface area contributed by atoms with E-state index in [9.17, 15) is 4.79 Å². The lowest BCUT2D eigenvalue weighted by molar-refractivity contribution is -0.120. The predicted molar refractivity (Wildman–Crippen MR) is 79.2 cm³/mol. The molecule has 0 atom stereocenters. The summed E-state index contributed by atoms with van der Waals surface area (Å²) in [5, 5.41) is 6.01. The first kappa shape index (κ1) is 16.3. The topological polar surface area (TPSA) is 59.6 Å². The van der Waals surface area contributed by atoms with Gasteiger partial charge in [0.25, 0.3) is 0 Å². The van der Waals surface area contributed by atoms with Crippen molar-refractivity contribution in [1.29, 1.82) is 0 Å². The second-order valence-electron chi connectivity index (χ2n) is 4.26. The molecule has 5 heteroatoms. The summed E-state index contributed by atoms with van der Waals surface area (Å²) in [5.74, 6) is 1.56. The molecule has 0 radical (unpaired) electrons. The molecule has 0 spiro atoms. The van der Waals surface area contributed by atoms with Crippen LogP contribution in [0.15, 0.2) is 18.2 Å². The highest BCUT2D eigenvalue weighted by Crippen LogP contribution is 2.30. The molecule has 0 aromatic heterocycles. The Morgan fingerprint density at radius 1 is 1.30 bits per heavy atom. The van der Waals surface area contributed by atoms with Crippen molar-refractivity contribution in [2.24, 2.45) is 0 Å². The smallest absolute Gasteiger partial charge is 0.221 e. The van der Waals surface area contributed by atoms with E-state index in [1.807, 2.05) is 32.0 Å². The number of methoxy groups -OCH3 is 1. The molecular weight excluding hydrogens is 256 g/mol. The van der Waals surface area contributed by atoms with E-state index < -0.39 is 0 Å². The van der Waals surface area contributed by atoms with Crippen molar-refractivity contribution in [2.45, 2.75) is 26.8 Å². The largest absolute Gasteiger partial charge is 0.493 e. The zero-order chi connectivity index (χ0) is 14.8. The van der Waals surface area contributed by atoms with Crippen molar-refractivity contribution >= 4 is 5.91 Å². The molecule has 1 aromatic rings. The molecule has 2 N–H and O–H groups in total. The van der Waals surface area contributed by atoms with Crippen LogP contribution in [0.2, 0.25) is 0 Å². The number of rotatable bonds is 9. The van der Waals surface area contributed by atoms with Crippen LogP contribution in [0.1, 0.15) is 25.8 Å².